The second kappa shape index (κ2) is 5.69. The Labute approximate surface area is 89.2 Å². The number of rotatable bonds is 7. The van der Waals surface area contributed by atoms with E-state index in [1.165, 1.54) is 7.11 Å². The van der Waals surface area contributed by atoms with Crippen LogP contribution in [0.1, 0.15) is 19.3 Å². The average molecular weight is 212 g/mol. The highest BCUT2D eigenvalue weighted by Gasteiger charge is 2.36. The molecule has 0 aliphatic heterocycles. The van der Waals surface area contributed by atoms with Gasteiger partial charge in [-0.15, -0.1) is 0 Å². The lowest BCUT2D eigenvalue weighted by Crippen LogP contribution is -2.46. The summed E-state index contributed by atoms with van der Waals surface area (Å²) in [4.78, 5) is 12.9. The predicted molar refractivity (Wildman–Crippen MR) is 53.3 cm³/mol. The highest BCUT2D eigenvalue weighted by atomic mass is 16.5. The second-order valence-electron chi connectivity index (χ2n) is 3.69. The van der Waals surface area contributed by atoms with E-state index in [4.69, 9.17) is 15.1 Å². The van der Waals surface area contributed by atoms with E-state index in [1.807, 2.05) is 11.0 Å². The van der Waals surface area contributed by atoms with Gasteiger partial charge >= 0.3 is 5.97 Å². The van der Waals surface area contributed by atoms with E-state index in [0.717, 1.165) is 12.8 Å². The van der Waals surface area contributed by atoms with Crippen LogP contribution in [0.4, 0.5) is 0 Å². The predicted octanol–water partition coefficient (Wildman–Crippen LogP) is 0.464. The number of nitrogens with zero attached hydrogens (tertiary/aromatic N) is 2. The van der Waals surface area contributed by atoms with Gasteiger partial charge < -0.3 is 9.84 Å². The number of aliphatic carboxylic acids is 1. The Balaban J connectivity index is 2.57. The van der Waals surface area contributed by atoms with Gasteiger partial charge in [-0.05, 0) is 12.8 Å². The van der Waals surface area contributed by atoms with Crippen molar-refractivity contribution in [3.8, 4) is 6.07 Å². The maximum atomic E-state index is 11.0. The summed E-state index contributed by atoms with van der Waals surface area (Å²) in [6.45, 7) is 0.693. The van der Waals surface area contributed by atoms with Crippen LogP contribution in [0.3, 0.4) is 0 Å². The van der Waals surface area contributed by atoms with Crippen molar-refractivity contribution in [3.05, 3.63) is 0 Å². The molecule has 0 heterocycles. The van der Waals surface area contributed by atoms with Gasteiger partial charge in [-0.3, -0.25) is 9.69 Å². The standard InChI is InChI=1S/C10H16N2O3/c1-15-7-9(10(13)14)12(6-2-5-11)8-3-4-8/h8-9H,2-4,6-7H2,1H3,(H,13,14). The van der Waals surface area contributed by atoms with Crippen LogP contribution in [0.15, 0.2) is 0 Å². The van der Waals surface area contributed by atoms with E-state index < -0.39 is 12.0 Å². The third kappa shape index (κ3) is 3.50. The fourth-order valence-corrected chi connectivity index (χ4v) is 1.64. The number of carbonyl (C=O) groups is 1. The van der Waals surface area contributed by atoms with E-state index >= 15 is 0 Å². The molecule has 1 unspecified atom stereocenters. The van der Waals surface area contributed by atoms with Crippen molar-refractivity contribution >= 4 is 5.97 Å². The summed E-state index contributed by atoms with van der Waals surface area (Å²) in [6.07, 6.45) is 2.42. The summed E-state index contributed by atoms with van der Waals surface area (Å²) < 4.78 is 4.90. The number of methoxy groups -OCH3 is 1. The highest BCUT2D eigenvalue weighted by molar-refractivity contribution is 5.73. The minimum absolute atomic E-state index is 0.178. The molecule has 0 aromatic heterocycles. The summed E-state index contributed by atoms with van der Waals surface area (Å²) in [7, 11) is 1.49. The van der Waals surface area contributed by atoms with Crippen LogP contribution in [0.25, 0.3) is 0 Å². The molecule has 1 fully saturated rings. The lowest BCUT2D eigenvalue weighted by Gasteiger charge is -2.27. The fourth-order valence-electron chi connectivity index (χ4n) is 1.64. The Hall–Kier alpha value is -1.12. The van der Waals surface area contributed by atoms with Crippen molar-refractivity contribution in [2.45, 2.75) is 31.3 Å². The highest BCUT2D eigenvalue weighted by Crippen LogP contribution is 2.28. The summed E-state index contributed by atoms with van der Waals surface area (Å²) >= 11 is 0. The maximum Gasteiger partial charge on any atom is 0.323 e. The number of hydrogen-bond acceptors (Lipinski definition) is 4. The van der Waals surface area contributed by atoms with Crippen molar-refractivity contribution in [2.75, 3.05) is 20.3 Å². The SMILES string of the molecule is COCC(C(=O)O)N(CCC#N)C1CC1. The Morgan fingerprint density at radius 1 is 1.73 bits per heavy atom. The van der Waals surface area contributed by atoms with Crippen molar-refractivity contribution < 1.29 is 14.6 Å². The largest absolute Gasteiger partial charge is 0.480 e. The van der Waals surface area contributed by atoms with E-state index in [9.17, 15) is 4.79 Å². The zero-order valence-corrected chi connectivity index (χ0v) is 8.85. The van der Waals surface area contributed by atoms with Crippen LogP contribution in [-0.4, -0.2) is 48.3 Å². The molecule has 1 aliphatic carbocycles. The number of nitriles is 1. The second-order valence-corrected chi connectivity index (χ2v) is 3.69. The minimum Gasteiger partial charge on any atom is -0.480 e. The molecule has 0 aromatic carbocycles. The molecule has 0 aromatic rings. The fraction of sp³-hybridized carbons (Fsp3) is 0.800. The topological polar surface area (TPSA) is 73.6 Å². The zero-order chi connectivity index (χ0) is 11.3. The van der Waals surface area contributed by atoms with Crippen LogP contribution in [0.2, 0.25) is 0 Å². The minimum atomic E-state index is -0.873. The van der Waals surface area contributed by atoms with E-state index in [-0.39, 0.29) is 6.61 Å². The molecule has 1 atom stereocenters. The molecule has 0 radical (unpaired) electrons. The molecule has 0 saturated heterocycles. The quantitative estimate of drug-likeness (QED) is 0.663. The van der Waals surface area contributed by atoms with E-state index in [2.05, 4.69) is 0 Å². The Kier molecular flexibility index (Phi) is 4.53. The molecular weight excluding hydrogens is 196 g/mol. The first-order chi connectivity index (χ1) is 7.20. The molecule has 0 spiro atoms. The molecule has 1 rings (SSSR count). The summed E-state index contributed by atoms with van der Waals surface area (Å²) in [5.74, 6) is -0.873. The van der Waals surface area contributed by atoms with Gasteiger partial charge in [0.1, 0.15) is 6.04 Å². The summed E-state index contributed by atoms with van der Waals surface area (Å²) in [5.41, 5.74) is 0. The van der Waals surface area contributed by atoms with Crippen molar-refractivity contribution in [3.63, 3.8) is 0 Å². The molecular formula is C10H16N2O3. The third-order valence-corrected chi connectivity index (χ3v) is 2.51. The van der Waals surface area contributed by atoms with Gasteiger partial charge in [0.25, 0.3) is 0 Å². The van der Waals surface area contributed by atoms with E-state index in [0.29, 0.717) is 19.0 Å². The smallest absolute Gasteiger partial charge is 0.323 e. The number of carboxylic acids is 1. The Bertz CT molecular complexity index is 258. The normalized spacial score (nSPS) is 17.4. The molecule has 0 bridgehead atoms. The van der Waals surface area contributed by atoms with Gasteiger partial charge in [0.2, 0.25) is 0 Å². The summed E-state index contributed by atoms with van der Waals surface area (Å²) in [5, 5.41) is 17.6. The van der Waals surface area contributed by atoms with Gasteiger partial charge in [0, 0.05) is 26.1 Å². The van der Waals surface area contributed by atoms with Crippen molar-refractivity contribution in [2.24, 2.45) is 0 Å². The van der Waals surface area contributed by atoms with Crippen molar-refractivity contribution in [1.82, 2.24) is 4.90 Å². The number of carboxylic acid groups (broad SMARTS) is 1. The van der Waals surface area contributed by atoms with Gasteiger partial charge in [-0.1, -0.05) is 0 Å². The molecule has 15 heavy (non-hydrogen) atoms. The lowest BCUT2D eigenvalue weighted by atomic mass is 10.2. The monoisotopic (exact) mass is 212 g/mol. The van der Waals surface area contributed by atoms with Gasteiger partial charge in [0.15, 0.2) is 0 Å². The van der Waals surface area contributed by atoms with Crippen LogP contribution < -0.4 is 0 Å². The molecule has 0 amide bonds. The molecule has 84 valence electrons. The van der Waals surface area contributed by atoms with E-state index in [1.54, 1.807) is 0 Å². The van der Waals surface area contributed by atoms with Crippen molar-refractivity contribution in [1.29, 1.82) is 5.26 Å². The first-order valence-electron chi connectivity index (χ1n) is 5.05. The number of ether oxygens (including phenoxy) is 1. The Morgan fingerprint density at radius 3 is 2.80 bits per heavy atom. The zero-order valence-electron chi connectivity index (χ0n) is 8.85. The van der Waals surface area contributed by atoms with Crippen LogP contribution in [0, 0.1) is 11.3 Å². The molecule has 5 heteroatoms. The molecule has 1 aliphatic rings. The van der Waals surface area contributed by atoms with Crippen LogP contribution in [0.5, 0.6) is 0 Å². The molecule has 1 N–H and O–H groups in total. The molecule has 1 saturated carbocycles. The van der Waals surface area contributed by atoms with Gasteiger partial charge in [-0.2, -0.15) is 5.26 Å². The van der Waals surface area contributed by atoms with Gasteiger partial charge in [-0.25, -0.2) is 0 Å². The summed E-state index contributed by atoms with van der Waals surface area (Å²) in [6, 6.07) is 1.75. The third-order valence-electron chi connectivity index (χ3n) is 2.51. The first kappa shape index (κ1) is 12.0. The van der Waals surface area contributed by atoms with Gasteiger partial charge in [0.05, 0.1) is 12.7 Å². The van der Waals surface area contributed by atoms with Crippen LogP contribution in [-0.2, 0) is 9.53 Å². The first-order valence-corrected chi connectivity index (χ1v) is 5.05. The lowest BCUT2D eigenvalue weighted by molar-refractivity contribution is -0.145. The van der Waals surface area contributed by atoms with Crippen LogP contribution >= 0.6 is 0 Å². The maximum absolute atomic E-state index is 11.0. The Morgan fingerprint density at radius 2 is 2.40 bits per heavy atom. The molecule has 5 nitrogen and oxygen atoms in total. The average Bonchev–Trinajstić information content (AvgIpc) is 3.00. The number of hydrogen-bond donors (Lipinski definition) is 1.